The molecule has 0 spiro atoms. The van der Waals surface area contributed by atoms with E-state index in [0.717, 1.165) is 0 Å². The molecular weight excluding hydrogens is 352 g/mol. The maximum absolute atomic E-state index is 11.4. The van der Waals surface area contributed by atoms with Crippen molar-refractivity contribution < 1.29 is 5.11 Å². The lowest BCUT2D eigenvalue weighted by Gasteiger charge is -2.13. The van der Waals surface area contributed by atoms with Gasteiger partial charge < -0.3 is 0 Å². The molecule has 0 heterocycles. The first-order valence-electron chi connectivity index (χ1n) is 13.9. The predicted molar refractivity (Wildman–Crippen MR) is 131 cm³/mol. The van der Waals surface area contributed by atoms with Gasteiger partial charge in [0.25, 0.3) is 0 Å². The summed E-state index contributed by atoms with van der Waals surface area (Å²) >= 11 is 0. The van der Waals surface area contributed by atoms with Crippen LogP contribution < -0.4 is 0 Å². The first-order valence-corrected chi connectivity index (χ1v) is 13.9. The highest BCUT2D eigenvalue weighted by Crippen LogP contribution is 2.19. The normalized spacial score (nSPS) is 12.5. The summed E-state index contributed by atoms with van der Waals surface area (Å²) in [6.45, 7) is 4.72. The Balaban J connectivity index is 3.21. The molecule has 0 saturated heterocycles. The van der Waals surface area contributed by atoms with Gasteiger partial charge in [-0.3, -0.25) is 0 Å². The Morgan fingerprint density at radius 3 is 0.862 bits per heavy atom. The topological polar surface area (TPSA) is 19.9 Å². The van der Waals surface area contributed by atoms with Crippen LogP contribution >= 0.6 is 0 Å². The first-order chi connectivity index (χ1) is 14.3. The van der Waals surface area contributed by atoms with Gasteiger partial charge in [0, 0.05) is 0 Å². The SMILES string of the molecule is CCCCCCCCCCCCCCCCCCC(C[O])CCCCCCCC. The van der Waals surface area contributed by atoms with Crippen LogP contribution in [0.5, 0.6) is 0 Å². The van der Waals surface area contributed by atoms with E-state index in [1.54, 1.807) is 0 Å². The fourth-order valence-electron chi connectivity index (χ4n) is 4.51. The van der Waals surface area contributed by atoms with Crippen molar-refractivity contribution in [3.05, 3.63) is 0 Å². The van der Waals surface area contributed by atoms with E-state index < -0.39 is 0 Å². The van der Waals surface area contributed by atoms with Gasteiger partial charge in [-0.15, -0.1) is 0 Å². The highest BCUT2D eigenvalue weighted by Gasteiger charge is 2.07. The fraction of sp³-hybridized carbons (Fsp3) is 1.00. The van der Waals surface area contributed by atoms with Crippen LogP contribution in [-0.2, 0) is 5.11 Å². The molecule has 0 aromatic heterocycles. The Morgan fingerprint density at radius 2 is 0.621 bits per heavy atom. The van der Waals surface area contributed by atoms with Crippen molar-refractivity contribution in [2.24, 2.45) is 5.92 Å². The summed E-state index contributed by atoms with van der Waals surface area (Å²) in [4.78, 5) is 0. The Morgan fingerprint density at radius 1 is 0.379 bits per heavy atom. The molecule has 0 fully saturated rings. The Hall–Kier alpha value is -0.0400. The summed E-state index contributed by atoms with van der Waals surface area (Å²) in [6, 6.07) is 0. The van der Waals surface area contributed by atoms with Gasteiger partial charge in [0.2, 0.25) is 0 Å². The summed E-state index contributed by atoms with van der Waals surface area (Å²) in [6.07, 6.45) is 33.3. The summed E-state index contributed by atoms with van der Waals surface area (Å²) in [5.74, 6) is 0.466. The van der Waals surface area contributed by atoms with Gasteiger partial charge in [-0.1, -0.05) is 155 Å². The first kappa shape index (κ1) is 29.0. The smallest absolute Gasteiger partial charge is 0.0850 e. The predicted octanol–water partition coefficient (Wildman–Crippen LogP) is 10.4. The molecule has 29 heavy (non-hydrogen) atoms. The number of hydrogen-bond donors (Lipinski definition) is 0. The van der Waals surface area contributed by atoms with Crippen molar-refractivity contribution in [2.45, 2.75) is 168 Å². The molecule has 0 rings (SSSR count). The highest BCUT2D eigenvalue weighted by atomic mass is 16.3. The van der Waals surface area contributed by atoms with Crippen LogP contribution in [0.15, 0.2) is 0 Å². The molecule has 0 aromatic carbocycles. The molecule has 0 aliphatic carbocycles. The molecule has 0 aliphatic rings. The quantitative estimate of drug-likeness (QED) is 0.134. The molecule has 0 bridgehead atoms. The lowest BCUT2D eigenvalue weighted by molar-refractivity contribution is 0.130. The molecule has 0 aliphatic heterocycles. The second kappa shape index (κ2) is 26.0. The third-order valence-corrected chi connectivity index (χ3v) is 6.67. The van der Waals surface area contributed by atoms with E-state index in [2.05, 4.69) is 13.8 Å². The Bertz CT molecular complexity index is 275. The van der Waals surface area contributed by atoms with Crippen LogP contribution in [0.25, 0.3) is 0 Å². The van der Waals surface area contributed by atoms with Crippen molar-refractivity contribution in [1.29, 1.82) is 0 Å². The van der Waals surface area contributed by atoms with Gasteiger partial charge in [-0.2, -0.15) is 0 Å². The van der Waals surface area contributed by atoms with Crippen molar-refractivity contribution >= 4 is 0 Å². The molecular formula is C28H57O. The number of unbranched alkanes of at least 4 members (excludes halogenated alkanes) is 20. The molecule has 1 heteroatoms. The Kier molecular flexibility index (Phi) is 26.0. The lowest BCUT2D eigenvalue weighted by atomic mass is 9.95. The average Bonchev–Trinajstić information content (AvgIpc) is 2.74. The second-order valence-corrected chi connectivity index (χ2v) is 9.68. The minimum absolute atomic E-state index is 0.160. The van der Waals surface area contributed by atoms with Gasteiger partial charge in [0.1, 0.15) is 0 Å². The maximum Gasteiger partial charge on any atom is 0.0850 e. The Labute approximate surface area is 185 Å². The zero-order chi connectivity index (χ0) is 21.3. The van der Waals surface area contributed by atoms with Crippen LogP contribution in [0.2, 0.25) is 0 Å². The van der Waals surface area contributed by atoms with E-state index in [1.165, 1.54) is 154 Å². The molecule has 0 amide bonds. The summed E-state index contributed by atoms with van der Waals surface area (Å²) in [7, 11) is 0. The van der Waals surface area contributed by atoms with Gasteiger partial charge in [0.15, 0.2) is 0 Å². The van der Waals surface area contributed by atoms with E-state index in [0.29, 0.717) is 5.92 Å². The van der Waals surface area contributed by atoms with Crippen molar-refractivity contribution in [3.8, 4) is 0 Å². The standard InChI is InChI=1S/C28H57O/c1-3-5-7-9-11-12-13-14-15-16-17-18-19-20-22-24-26-28(27-29)25-23-21-10-8-6-4-2/h28H,3-27H2,1-2H3. The van der Waals surface area contributed by atoms with Crippen LogP contribution in [0.4, 0.5) is 0 Å². The molecule has 0 saturated carbocycles. The van der Waals surface area contributed by atoms with Gasteiger partial charge in [-0.25, -0.2) is 5.11 Å². The average molecular weight is 410 g/mol. The number of rotatable bonds is 25. The molecule has 1 radical (unpaired) electrons. The molecule has 1 nitrogen and oxygen atoms in total. The number of hydrogen-bond acceptors (Lipinski definition) is 0. The van der Waals surface area contributed by atoms with Gasteiger partial charge >= 0.3 is 0 Å². The van der Waals surface area contributed by atoms with E-state index in [1.807, 2.05) is 0 Å². The molecule has 0 N–H and O–H groups in total. The van der Waals surface area contributed by atoms with Crippen LogP contribution in [-0.4, -0.2) is 6.61 Å². The van der Waals surface area contributed by atoms with Crippen LogP contribution in [0, 0.1) is 5.92 Å². The monoisotopic (exact) mass is 409 g/mol. The van der Waals surface area contributed by atoms with Gasteiger partial charge in [-0.05, 0) is 18.8 Å². The molecule has 175 valence electrons. The van der Waals surface area contributed by atoms with Crippen molar-refractivity contribution in [1.82, 2.24) is 0 Å². The third-order valence-electron chi connectivity index (χ3n) is 6.67. The molecule has 0 aromatic rings. The fourth-order valence-corrected chi connectivity index (χ4v) is 4.51. The van der Waals surface area contributed by atoms with E-state index in [9.17, 15) is 5.11 Å². The summed E-state index contributed by atoms with van der Waals surface area (Å²) in [5.41, 5.74) is 0. The van der Waals surface area contributed by atoms with Crippen molar-refractivity contribution in [3.63, 3.8) is 0 Å². The van der Waals surface area contributed by atoms with E-state index >= 15 is 0 Å². The highest BCUT2D eigenvalue weighted by molar-refractivity contribution is 4.59. The summed E-state index contributed by atoms with van der Waals surface area (Å²) < 4.78 is 0. The minimum atomic E-state index is 0.160. The van der Waals surface area contributed by atoms with Gasteiger partial charge in [0.05, 0.1) is 6.61 Å². The maximum atomic E-state index is 11.4. The molecule has 1 unspecified atom stereocenters. The summed E-state index contributed by atoms with van der Waals surface area (Å²) in [5, 5.41) is 11.4. The van der Waals surface area contributed by atoms with E-state index in [-0.39, 0.29) is 6.61 Å². The zero-order valence-electron chi connectivity index (χ0n) is 20.7. The van der Waals surface area contributed by atoms with Crippen LogP contribution in [0.1, 0.15) is 168 Å². The molecule has 1 atom stereocenters. The van der Waals surface area contributed by atoms with Crippen LogP contribution in [0.3, 0.4) is 0 Å². The van der Waals surface area contributed by atoms with E-state index in [4.69, 9.17) is 0 Å². The lowest BCUT2D eigenvalue weighted by Crippen LogP contribution is -2.05. The zero-order valence-corrected chi connectivity index (χ0v) is 20.7. The minimum Gasteiger partial charge on any atom is -0.236 e. The van der Waals surface area contributed by atoms with Crippen molar-refractivity contribution in [2.75, 3.05) is 6.61 Å². The second-order valence-electron chi connectivity index (χ2n) is 9.68. The largest absolute Gasteiger partial charge is 0.236 e. The third kappa shape index (κ3) is 24.1.